The minimum Gasteiger partial charge on any atom is -0.368 e. The van der Waals surface area contributed by atoms with Crippen molar-refractivity contribution in [3.8, 4) is 0 Å². The minimum absolute atomic E-state index is 0.867. The van der Waals surface area contributed by atoms with E-state index < -0.39 is 0 Å². The van der Waals surface area contributed by atoms with E-state index in [4.69, 9.17) is 0 Å². The molecule has 0 bridgehead atoms. The molecule has 0 fully saturated rings. The number of rotatable bonds is 7. The highest BCUT2D eigenvalue weighted by atomic mass is 14.8. The van der Waals surface area contributed by atoms with E-state index >= 15 is 0 Å². The van der Waals surface area contributed by atoms with Gasteiger partial charge in [-0.2, -0.15) is 0 Å². The van der Waals surface area contributed by atoms with E-state index in [1.807, 2.05) is 25.3 Å². The van der Waals surface area contributed by atoms with Gasteiger partial charge in [0.05, 0.1) is 0 Å². The van der Waals surface area contributed by atoms with Crippen LogP contribution in [0, 0.1) is 0 Å². The van der Waals surface area contributed by atoms with Gasteiger partial charge in [-0.05, 0) is 51.5 Å². The molecule has 0 aliphatic heterocycles. The number of hydrogen-bond donors (Lipinski definition) is 1. The van der Waals surface area contributed by atoms with E-state index in [0.29, 0.717) is 0 Å². The number of allylic oxidation sites excluding steroid dienone is 8. The summed E-state index contributed by atoms with van der Waals surface area (Å²) in [5.74, 6) is 0. The molecule has 0 aromatic heterocycles. The first-order valence-electron chi connectivity index (χ1n) is 6.21. The molecule has 0 saturated carbocycles. The van der Waals surface area contributed by atoms with Gasteiger partial charge in [0.1, 0.15) is 0 Å². The van der Waals surface area contributed by atoms with Crippen LogP contribution in [0.15, 0.2) is 72.2 Å². The molecule has 0 aliphatic carbocycles. The zero-order valence-corrected chi connectivity index (χ0v) is 12.1. The Morgan fingerprint density at radius 1 is 1.17 bits per heavy atom. The van der Waals surface area contributed by atoms with Crippen molar-refractivity contribution >= 4 is 0 Å². The first-order valence-corrected chi connectivity index (χ1v) is 6.21. The Morgan fingerprint density at radius 2 is 1.83 bits per heavy atom. The zero-order chi connectivity index (χ0) is 14.0. The molecule has 0 radical (unpaired) electrons. The van der Waals surface area contributed by atoms with Gasteiger partial charge in [-0.15, -0.1) is 0 Å². The van der Waals surface area contributed by atoms with Crippen LogP contribution in [0.3, 0.4) is 0 Å². The molecule has 98 valence electrons. The van der Waals surface area contributed by atoms with Gasteiger partial charge in [0.25, 0.3) is 0 Å². The Hall–Kier alpha value is -1.76. The zero-order valence-electron chi connectivity index (χ0n) is 12.1. The average molecular weight is 243 g/mol. The molecule has 0 saturated heterocycles. The van der Waals surface area contributed by atoms with Crippen LogP contribution in [0.5, 0.6) is 0 Å². The fraction of sp³-hybridized carbons (Fsp3) is 0.294. The molecule has 0 heterocycles. The Balaban J connectivity index is 4.82. The molecule has 0 atom stereocenters. The van der Waals surface area contributed by atoms with Gasteiger partial charge in [0, 0.05) is 6.20 Å². The summed E-state index contributed by atoms with van der Waals surface area (Å²) in [6.45, 7) is 16.0. The van der Waals surface area contributed by atoms with Crippen molar-refractivity contribution in [3.05, 3.63) is 72.2 Å². The average Bonchev–Trinajstić information content (AvgIpc) is 2.32. The standard InChI is InChI=1S/C17H25N/c1-7-10-15(5)11-9-12-17(13-18-8-2)16(6)14(3)4/h7-10,12-13,18H,2,5,11H2,1,3-4,6H3/b10-7-,12-9-,17-13+. The Kier molecular flexibility index (Phi) is 8.38. The lowest BCUT2D eigenvalue weighted by Gasteiger charge is -2.06. The van der Waals surface area contributed by atoms with Gasteiger partial charge in [-0.25, -0.2) is 0 Å². The van der Waals surface area contributed by atoms with Crippen molar-refractivity contribution < 1.29 is 0 Å². The molecule has 0 aromatic rings. The summed E-state index contributed by atoms with van der Waals surface area (Å²) in [5.41, 5.74) is 4.86. The van der Waals surface area contributed by atoms with Crippen molar-refractivity contribution in [1.29, 1.82) is 0 Å². The Labute approximate surface area is 112 Å². The molecule has 0 aromatic carbocycles. The topological polar surface area (TPSA) is 12.0 Å². The summed E-state index contributed by atoms with van der Waals surface area (Å²) in [7, 11) is 0. The second-order valence-electron chi connectivity index (χ2n) is 4.36. The molecule has 0 unspecified atom stereocenters. The van der Waals surface area contributed by atoms with Crippen molar-refractivity contribution in [2.45, 2.75) is 34.1 Å². The fourth-order valence-corrected chi connectivity index (χ4v) is 1.36. The van der Waals surface area contributed by atoms with E-state index in [-0.39, 0.29) is 0 Å². The third-order valence-electron chi connectivity index (χ3n) is 2.62. The van der Waals surface area contributed by atoms with E-state index in [0.717, 1.165) is 12.0 Å². The highest BCUT2D eigenvalue weighted by Crippen LogP contribution is 2.15. The molecule has 1 heteroatoms. The van der Waals surface area contributed by atoms with Gasteiger partial charge in [-0.3, -0.25) is 0 Å². The first-order chi connectivity index (χ1) is 8.52. The maximum absolute atomic E-state index is 3.98. The van der Waals surface area contributed by atoms with Crippen LogP contribution in [0.1, 0.15) is 34.1 Å². The van der Waals surface area contributed by atoms with Gasteiger partial charge in [-0.1, -0.05) is 48.6 Å². The van der Waals surface area contributed by atoms with E-state index in [1.54, 1.807) is 6.20 Å². The molecule has 0 aliphatic rings. The third kappa shape index (κ3) is 6.74. The molecule has 0 spiro atoms. The molecule has 1 N–H and O–H groups in total. The van der Waals surface area contributed by atoms with E-state index in [1.165, 1.54) is 16.7 Å². The lowest BCUT2D eigenvalue weighted by molar-refractivity contribution is 1.15. The maximum atomic E-state index is 3.98. The summed E-state index contributed by atoms with van der Waals surface area (Å²) >= 11 is 0. The van der Waals surface area contributed by atoms with Crippen molar-refractivity contribution in [3.63, 3.8) is 0 Å². The Bertz CT molecular complexity index is 399. The molecule has 1 nitrogen and oxygen atoms in total. The molecular formula is C17H25N. The van der Waals surface area contributed by atoms with Crippen molar-refractivity contribution in [1.82, 2.24) is 5.32 Å². The second kappa shape index (κ2) is 9.29. The van der Waals surface area contributed by atoms with Crippen LogP contribution >= 0.6 is 0 Å². The van der Waals surface area contributed by atoms with Crippen molar-refractivity contribution in [2.75, 3.05) is 0 Å². The monoisotopic (exact) mass is 243 g/mol. The SMILES string of the molecule is C=CN/C=C(\C=C/CC(=C)/C=C\C)C(C)=C(C)C. The quantitative estimate of drug-likeness (QED) is 0.618. The van der Waals surface area contributed by atoms with E-state index in [9.17, 15) is 0 Å². The predicted molar refractivity (Wildman–Crippen MR) is 83.2 cm³/mol. The lowest BCUT2D eigenvalue weighted by atomic mass is 10.0. The maximum Gasteiger partial charge on any atom is 0.00798 e. The molecule has 0 rings (SSSR count). The summed E-state index contributed by atoms with van der Waals surface area (Å²) in [6, 6.07) is 0. The van der Waals surface area contributed by atoms with Crippen LogP contribution in [-0.2, 0) is 0 Å². The molecule has 0 amide bonds. The van der Waals surface area contributed by atoms with Gasteiger partial charge >= 0.3 is 0 Å². The van der Waals surface area contributed by atoms with Crippen LogP contribution in [0.2, 0.25) is 0 Å². The van der Waals surface area contributed by atoms with E-state index in [2.05, 4.69) is 51.4 Å². The third-order valence-corrected chi connectivity index (χ3v) is 2.62. The van der Waals surface area contributed by atoms with Crippen LogP contribution < -0.4 is 5.32 Å². The minimum atomic E-state index is 0.867. The fourth-order valence-electron chi connectivity index (χ4n) is 1.36. The largest absolute Gasteiger partial charge is 0.368 e. The van der Waals surface area contributed by atoms with Gasteiger partial charge in [0.2, 0.25) is 0 Å². The van der Waals surface area contributed by atoms with Crippen LogP contribution in [0.4, 0.5) is 0 Å². The van der Waals surface area contributed by atoms with Crippen LogP contribution in [-0.4, -0.2) is 0 Å². The highest BCUT2D eigenvalue weighted by molar-refractivity contribution is 5.40. The summed E-state index contributed by atoms with van der Waals surface area (Å²) in [4.78, 5) is 0. The Morgan fingerprint density at radius 3 is 2.33 bits per heavy atom. The summed E-state index contributed by atoms with van der Waals surface area (Å²) in [6.07, 6.45) is 12.8. The van der Waals surface area contributed by atoms with Crippen LogP contribution in [0.25, 0.3) is 0 Å². The van der Waals surface area contributed by atoms with Gasteiger partial charge in [0.15, 0.2) is 0 Å². The smallest absolute Gasteiger partial charge is 0.00798 e. The molecular weight excluding hydrogens is 218 g/mol. The number of hydrogen-bond acceptors (Lipinski definition) is 1. The normalized spacial score (nSPS) is 11.9. The lowest BCUT2D eigenvalue weighted by Crippen LogP contribution is -1.95. The highest BCUT2D eigenvalue weighted by Gasteiger charge is 1.97. The number of nitrogens with one attached hydrogen (secondary N) is 1. The second-order valence-corrected chi connectivity index (χ2v) is 4.36. The predicted octanol–water partition coefficient (Wildman–Crippen LogP) is 5.04. The summed E-state index contributed by atoms with van der Waals surface area (Å²) < 4.78 is 0. The summed E-state index contributed by atoms with van der Waals surface area (Å²) in [5, 5.41) is 3.03. The van der Waals surface area contributed by atoms with Gasteiger partial charge < -0.3 is 5.32 Å². The van der Waals surface area contributed by atoms with Crippen molar-refractivity contribution in [2.24, 2.45) is 0 Å². The first kappa shape index (κ1) is 16.2. The molecule has 18 heavy (non-hydrogen) atoms.